The van der Waals surface area contributed by atoms with E-state index in [0.717, 1.165) is 29.4 Å². The van der Waals surface area contributed by atoms with E-state index in [9.17, 15) is 0 Å². The number of nitrogens with zero attached hydrogens (tertiary/aromatic N) is 4. The SMILES string of the molecule is Clc1ccc(-n2nnnc2C2(NC3CCCCC3)CCCCC2)cc1. The first-order chi connectivity index (χ1) is 12.3. The lowest BCUT2D eigenvalue weighted by molar-refractivity contribution is 0.174. The van der Waals surface area contributed by atoms with Gasteiger partial charge in [0, 0.05) is 11.1 Å². The summed E-state index contributed by atoms with van der Waals surface area (Å²) in [5.41, 5.74) is 0.864. The fourth-order valence-electron chi connectivity index (χ4n) is 4.47. The lowest BCUT2D eigenvalue weighted by Crippen LogP contribution is -2.51. The molecule has 25 heavy (non-hydrogen) atoms. The molecule has 2 aliphatic rings. The average Bonchev–Trinajstić information content (AvgIpc) is 3.14. The topological polar surface area (TPSA) is 55.6 Å². The molecule has 1 heterocycles. The normalized spacial score (nSPS) is 21.3. The van der Waals surface area contributed by atoms with Crippen LogP contribution in [0.2, 0.25) is 5.02 Å². The Morgan fingerprint density at radius 1 is 0.960 bits per heavy atom. The van der Waals surface area contributed by atoms with Crippen molar-refractivity contribution in [3.8, 4) is 5.69 Å². The summed E-state index contributed by atoms with van der Waals surface area (Å²) >= 11 is 6.04. The van der Waals surface area contributed by atoms with Crippen molar-refractivity contribution in [3.63, 3.8) is 0 Å². The maximum atomic E-state index is 6.04. The summed E-state index contributed by atoms with van der Waals surface area (Å²) in [5.74, 6) is 0.958. The van der Waals surface area contributed by atoms with Crippen molar-refractivity contribution in [1.82, 2.24) is 25.5 Å². The molecule has 6 heteroatoms. The summed E-state index contributed by atoms with van der Waals surface area (Å²) in [6.07, 6.45) is 12.5. The van der Waals surface area contributed by atoms with Crippen LogP contribution < -0.4 is 5.32 Å². The van der Waals surface area contributed by atoms with Gasteiger partial charge in [-0.15, -0.1) is 5.10 Å². The molecule has 2 aliphatic carbocycles. The van der Waals surface area contributed by atoms with Gasteiger partial charge in [-0.3, -0.25) is 0 Å². The van der Waals surface area contributed by atoms with Crippen molar-refractivity contribution < 1.29 is 0 Å². The molecule has 0 radical (unpaired) electrons. The van der Waals surface area contributed by atoms with Crippen LogP contribution in [0, 0.1) is 0 Å². The minimum atomic E-state index is -0.108. The van der Waals surface area contributed by atoms with Crippen LogP contribution in [0.5, 0.6) is 0 Å². The van der Waals surface area contributed by atoms with Crippen molar-refractivity contribution in [3.05, 3.63) is 35.1 Å². The molecule has 1 N–H and O–H groups in total. The van der Waals surface area contributed by atoms with Crippen LogP contribution in [-0.2, 0) is 5.54 Å². The number of nitrogens with one attached hydrogen (secondary N) is 1. The highest BCUT2D eigenvalue weighted by molar-refractivity contribution is 6.30. The van der Waals surface area contributed by atoms with Crippen LogP contribution >= 0.6 is 11.6 Å². The van der Waals surface area contributed by atoms with Gasteiger partial charge in [0.15, 0.2) is 5.82 Å². The van der Waals surface area contributed by atoms with E-state index in [1.165, 1.54) is 51.4 Å². The predicted molar refractivity (Wildman–Crippen MR) is 98.9 cm³/mol. The van der Waals surface area contributed by atoms with E-state index < -0.39 is 0 Å². The number of rotatable bonds is 4. The fraction of sp³-hybridized carbons (Fsp3) is 0.632. The number of hydrogen-bond acceptors (Lipinski definition) is 4. The largest absolute Gasteiger partial charge is 0.302 e. The number of tetrazole rings is 1. The minimum absolute atomic E-state index is 0.108. The van der Waals surface area contributed by atoms with Crippen molar-refractivity contribution in [2.45, 2.75) is 75.8 Å². The highest BCUT2D eigenvalue weighted by Crippen LogP contribution is 2.38. The zero-order valence-electron chi connectivity index (χ0n) is 14.6. The molecule has 0 spiro atoms. The van der Waals surface area contributed by atoms with Gasteiger partial charge in [-0.1, -0.05) is 50.1 Å². The van der Waals surface area contributed by atoms with Crippen LogP contribution in [0.15, 0.2) is 24.3 Å². The number of aromatic nitrogens is 4. The van der Waals surface area contributed by atoms with E-state index in [1.807, 2.05) is 28.9 Å². The molecule has 4 rings (SSSR count). The molecule has 0 saturated heterocycles. The molecule has 0 unspecified atom stereocenters. The van der Waals surface area contributed by atoms with Gasteiger partial charge in [-0.2, -0.15) is 4.68 Å². The van der Waals surface area contributed by atoms with E-state index in [4.69, 9.17) is 11.6 Å². The maximum Gasteiger partial charge on any atom is 0.176 e. The maximum absolute atomic E-state index is 6.04. The van der Waals surface area contributed by atoms with Gasteiger partial charge >= 0.3 is 0 Å². The smallest absolute Gasteiger partial charge is 0.176 e. The quantitative estimate of drug-likeness (QED) is 0.879. The molecule has 2 fully saturated rings. The molecular weight excluding hydrogens is 334 g/mol. The Bertz CT molecular complexity index is 684. The van der Waals surface area contributed by atoms with Gasteiger partial charge in [0.1, 0.15) is 0 Å². The summed E-state index contributed by atoms with van der Waals surface area (Å²) in [6.45, 7) is 0. The van der Waals surface area contributed by atoms with Crippen molar-refractivity contribution >= 4 is 11.6 Å². The second kappa shape index (κ2) is 7.42. The summed E-state index contributed by atoms with van der Waals surface area (Å²) in [7, 11) is 0. The molecule has 0 aliphatic heterocycles. The molecule has 2 aromatic rings. The Morgan fingerprint density at radius 3 is 2.36 bits per heavy atom. The van der Waals surface area contributed by atoms with Crippen LogP contribution in [-0.4, -0.2) is 26.2 Å². The third-order valence-electron chi connectivity index (χ3n) is 5.76. The van der Waals surface area contributed by atoms with Crippen LogP contribution in [0.1, 0.15) is 70.0 Å². The van der Waals surface area contributed by atoms with E-state index in [0.29, 0.717) is 6.04 Å². The van der Waals surface area contributed by atoms with Gasteiger partial charge in [-0.25, -0.2) is 0 Å². The molecule has 2 saturated carbocycles. The Morgan fingerprint density at radius 2 is 1.64 bits per heavy atom. The molecule has 134 valence electrons. The van der Waals surface area contributed by atoms with Crippen LogP contribution in [0.25, 0.3) is 5.69 Å². The first-order valence-corrected chi connectivity index (χ1v) is 9.97. The summed E-state index contributed by atoms with van der Waals surface area (Å²) < 4.78 is 1.90. The van der Waals surface area contributed by atoms with Gasteiger partial charge in [0.05, 0.1) is 11.2 Å². The first-order valence-electron chi connectivity index (χ1n) is 9.59. The molecule has 1 aromatic heterocycles. The average molecular weight is 360 g/mol. The fourth-order valence-corrected chi connectivity index (χ4v) is 4.59. The molecule has 5 nitrogen and oxygen atoms in total. The van der Waals surface area contributed by atoms with Crippen molar-refractivity contribution in [1.29, 1.82) is 0 Å². The van der Waals surface area contributed by atoms with Gasteiger partial charge in [0.25, 0.3) is 0 Å². The Kier molecular flexibility index (Phi) is 5.04. The summed E-state index contributed by atoms with van der Waals surface area (Å²) in [6, 6.07) is 8.34. The zero-order valence-corrected chi connectivity index (χ0v) is 15.4. The van der Waals surface area contributed by atoms with Crippen LogP contribution in [0.4, 0.5) is 0 Å². The second-order valence-electron chi connectivity index (χ2n) is 7.51. The van der Waals surface area contributed by atoms with Gasteiger partial charge in [0.2, 0.25) is 0 Å². The number of benzene rings is 1. The number of hydrogen-bond donors (Lipinski definition) is 1. The van der Waals surface area contributed by atoms with Crippen molar-refractivity contribution in [2.75, 3.05) is 0 Å². The predicted octanol–water partition coefficient (Wildman–Crippen LogP) is 4.40. The third kappa shape index (κ3) is 3.58. The lowest BCUT2D eigenvalue weighted by atomic mass is 9.79. The van der Waals surface area contributed by atoms with E-state index in [1.54, 1.807) is 0 Å². The first kappa shape index (κ1) is 17.0. The third-order valence-corrected chi connectivity index (χ3v) is 6.01. The van der Waals surface area contributed by atoms with Gasteiger partial charge < -0.3 is 5.32 Å². The van der Waals surface area contributed by atoms with E-state index in [-0.39, 0.29) is 5.54 Å². The standard InChI is InChI=1S/C19H26ClN5/c20-15-9-11-17(12-10-15)25-18(22-23-24-25)19(13-5-2-6-14-19)21-16-7-3-1-4-8-16/h9-12,16,21H,1-8,13-14H2. The van der Waals surface area contributed by atoms with E-state index in [2.05, 4.69) is 20.8 Å². The Labute approximate surface area is 154 Å². The van der Waals surface area contributed by atoms with Crippen LogP contribution in [0.3, 0.4) is 0 Å². The lowest BCUT2D eigenvalue weighted by Gasteiger charge is -2.41. The molecule has 1 aromatic carbocycles. The number of halogens is 1. The van der Waals surface area contributed by atoms with E-state index >= 15 is 0 Å². The second-order valence-corrected chi connectivity index (χ2v) is 7.95. The Balaban J connectivity index is 1.68. The molecule has 0 atom stereocenters. The Hall–Kier alpha value is -1.46. The zero-order chi connectivity index (χ0) is 17.1. The van der Waals surface area contributed by atoms with Gasteiger partial charge in [-0.05, 0) is 60.4 Å². The molecule has 0 amide bonds. The van der Waals surface area contributed by atoms with Crippen molar-refractivity contribution in [2.24, 2.45) is 0 Å². The summed E-state index contributed by atoms with van der Waals surface area (Å²) in [4.78, 5) is 0. The highest BCUT2D eigenvalue weighted by atomic mass is 35.5. The molecular formula is C19H26ClN5. The monoisotopic (exact) mass is 359 g/mol. The highest BCUT2D eigenvalue weighted by Gasteiger charge is 2.40. The minimum Gasteiger partial charge on any atom is -0.302 e. The summed E-state index contributed by atoms with van der Waals surface area (Å²) in [5, 5.41) is 17.5. The molecule has 0 bridgehead atoms.